The first-order valence-corrected chi connectivity index (χ1v) is 7.67. The molecule has 7 heteroatoms. The zero-order valence-corrected chi connectivity index (χ0v) is 13.2. The van der Waals surface area contributed by atoms with Crippen LogP contribution in [0.3, 0.4) is 0 Å². The average molecular weight is 305 g/mol. The van der Waals surface area contributed by atoms with Gasteiger partial charge in [-0.2, -0.15) is 0 Å². The number of nitrogen functional groups attached to an aromatic ring is 1. The Morgan fingerprint density at radius 3 is 2.81 bits per heavy atom. The van der Waals surface area contributed by atoms with Gasteiger partial charge in [0.2, 0.25) is 5.95 Å². The summed E-state index contributed by atoms with van der Waals surface area (Å²) >= 11 is 1.63. The molecule has 0 aliphatic carbocycles. The van der Waals surface area contributed by atoms with E-state index in [1.54, 1.807) is 18.3 Å². The van der Waals surface area contributed by atoms with Crippen molar-refractivity contribution in [2.45, 2.75) is 33.1 Å². The van der Waals surface area contributed by atoms with Crippen molar-refractivity contribution >= 4 is 23.2 Å². The smallest absolute Gasteiger partial charge is 0.254 e. The van der Waals surface area contributed by atoms with Crippen molar-refractivity contribution in [2.75, 3.05) is 12.3 Å². The van der Waals surface area contributed by atoms with Crippen LogP contribution in [-0.2, 0) is 6.42 Å². The predicted octanol–water partition coefficient (Wildman–Crippen LogP) is 1.92. The summed E-state index contributed by atoms with van der Waals surface area (Å²) in [5.74, 6) is 0.417. The Balaban J connectivity index is 1.89. The predicted molar refractivity (Wildman–Crippen MR) is 83.4 cm³/mol. The number of nitrogens with zero attached hydrogens (tertiary/aromatic N) is 3. The molecule has 0 aliphatic rings. The van der Waals surface area contributed by atoms with Crippen LogP contribution < -0.4 is 11.1 Å². The van der Waals surface area contributed by atoms with Gasteiger partial charge in [-0.1, -0.05) is 13.8 Å². The molecule has 0 saturated heterocycles. The van der Waals surface area contributed by atoms with Crippen molar-refractivity contribution in [3.8, 4) is 0 Å². The number of aromatic nitrogens is 3. The fraction of sp³-hybridized carbons (Fsp3) is 0.429. The van der Waals surface area contributed by atoms with E-state index in [2.05, 4.69) is 39.5 Å². The molecule has 2 aromatic heterocycles. The van der Waals surface area contributed by atoms with Crippen LogP contribution >= 0.6 is 11.3 Å². The number of carbonyl (C=O) groups excluding carboxylic acids is 1. The SMILES string of the molecule is Cc1nc(N)ncc1C(=O)NCCc1nc(C(C)C)cs1. The number of amides is 1. The molecule has 2 aromatic rings. The molecule has 2 rings (SSSR count). The van der Waals surface area contributed by atoms with E-state index in [1.165, 1.54) is 6.20 Å². The van der Waals surface area contributed by atoms with Gasteiger partial charge in [0.1, 0.15) is 0 Å². The van der Waals surface area contributed by atoms with E-state index in [9.17, 15) is 4.79 Å². The molecule has 0 aromatic carbocycles. The van der Waals surface area contributed by atoms with E-state index < -0.39 is 0 Å². The second kappa shape index (κ2) is 6.62. The number of nitrogens with one attached hydrogen (secondary N) is 1. The minimum absolute atomic E-state index is 0.174. The number of carbonyl (C=O) groups is 1. The summed E-state index contributed by atoms with van der Waals surface area (Å²) < 4.78 is 0. The molecular formula is C14H19N5OS. The third-order valence-corrected chi connectivity index (χ3v) is 3.95. The van der Waals surface area contributed by atoms with Gasteiger partial charge >= 0.3 is 0 Å². The Kier molecular flexibility index (Phi) is 4.85. The molecule has 21 heavy (non-hydrogen) atoms. The van der Waals surface area contributed by atoms with Gasteiger partial charge in [-0.15, -0.1) is 11.3 Å². The van der Waals surface area contributed by atoms with E-state index in [4.69, 9.17) is 5.73 Å². The van der Waals surface area contributed by atoms with E-state index in [-0.39, 0.29) is 11.9 Å². The van der Waals surface area contributed by atoms with Gasteiger partial charge in [0.15, 0.2) is 0 Å². The second-order valence-electron chi connectivity index (χ2n) is 5.05. The number of aryl methyl sites for hydroxylation is 1. The summed E-state index contributed by atoms with van der Waals surface area (Å²) in [5, 5.41) is 5.95. The third-order valence-electron chi connectivity index (χ3n) is 3.03. The van der Waals surface area contributed by atoms with E-state index >= 15 is 0 Å². The third kappa shape index (κ3) is 3.98. The maximum Gasteiger partial charge on any atom is 0.254 e. The quantitative estimate of drug-likeness (QED) is 0.880. The Bertz CT molecular complexity index is 638. The van der Waals surface area contributed by atoms with Gasteiger partial charge in [-0.25, -0.2) is 15.0 Å². The fourth-order valence-electron chi connectivity index (χ4n) is 1.79. The maximum atomic E-state index is 12.0. The molecule has 0 radical (unpaired) electrons. The summed E-state index contributed by atoms with van der Waals surface area (Å²) in [6.07, 6.45) is 2.17. The lowest BCUT2D eigenvalue weighted by Gasteiger charge is -2.06. The first-order chi connectivity index (χ1) is 9.97. The summed E-state index contributed by atoms with van der Waals surface area (Å²) in [6.45, 7) is 6.51. The van der Waals surface area contributed by atoms with Gasteiger partial charge < -0.3 is 11.1 Å². The topological polar surface area (TPSA) is 93.8 Å². The van der Waals surface area contributed by atoms with Crippen molar-refractivity contribution in [1.82, 2.24) is 20.3 Å². The highest BCUT2D eigenvalue weighted by Crippen LogP contribution is 2.17. The van der Waals surface area contributed by atoms with Crippen molar-refractivity contribution in [2.24, 2.45) is 0 Å². The monoisotopic (exact) mass is 305 g/mol. The largest absolute Gasteiger partial charge is 0.368 e. The van der Waals surface area contributed by atoms with Crippen molar-refractivity contribution in [1.29, 1.82) is 0 Å². The van der Waals surface area contributed by atoms with Gasteiger partial charge in [0, 0.05) is 24.5 Å². The van der Waals surface area contributed by atoms with Crippen LogP contribution in [0.4, 0.5) is 5.95 Å². The van der Waals surface area contributed by atoms with Crippen LogP contribution in [-0.4, -0.2) is 27.4 Å². The molecule has 0 fully saturated rings. The average Bonchev–Trinajstić information content (AvgIpc) is 2.87. The molecule has 0 spiro atoms. The fourth-order valence-corrected chi connectivity index (χ4v) is 2.75. The molecule has 0 aliphatic heterocycles. The number of nitrogens with two attached hydrogens (primary N) is 1. The van der Waals surface area contributed by atoms with Crippen LogP contribution in [0, 0.1) is 6.92 Å². The molecule has 112 valence electrons. The van der Waals surface area contributed by atoms with Crippen molar-refractivity contribution < 1.29 is 4.79 Å². The zero-order valence-electron chi connectivity index (χ0n) is 12.4. The highest BCUT2D eigenvalue weighted by molar-refractivity contribution is 7.09. The number of anilines is 1. The molecule has 3 N–H and O–H groups in total. The molecule has 2 heterocycles. The standard InChI is InChI=1S/C14H19N5OS/c1-8(2)11-7-21-12(19-11)4-5-16-13(20)10-6-17-14(15)18-9(10)3/h6-8H,4-5H2,1-3H3,(H,16,20)(H2,15,17,18). The summed E-state index contributed by atoms with van der Waals surface area (Å²) in [7, 11) is 0. The highest BCUT2D eigenvalue weighted by Gasteiger charge is 2.11. The molecule has 6 nitrogen and oxygen atoms in total. The van der Waals surface area contributed by atoms with Gasteiger partial charge in [0.05, 0.1) is 22.0 Å². The van der Waals surface area contributed by atoms with Crippen LogP contribution in [0.25, 0.3) is 0 Å². The zero-order chi connectivity index (χ0) is 15.4. The first kappa shape index (κ1) is 15.4. The van der Waals surface area contributed by atoms with E-state index in [0.717, 1.165) is 17.1 Å². The lowest BCUT2D eigenvalue weighted by atomic mass is 10.2. The maximum absolute atomic E-state index is 12.0. The Labute approximate surface area is 127 Å². The summed E-state index contributed by atoms with van der Waals surface area (Å²) in [4.78, 5) is 24.4. The summed E-state index contributed by atoms with van der Waals surface area (Å²) in [5.41, 5.74) is 7.60. The second-order valence-corrected chi connectivity index (χ2v) is 6.00. The van der Waals surface area contributed by atoms with Crippen molar-refractivity contribution in [3.05, 3.63) is 33.5 Å². The van der Waals surface area contributed by atoms with Crippen molar-refractivity contribution in [3.63, 3.8) is 0 Å². The van der Waals surface area contributed by atoms with Gasteiger partial charge in [0.25, 0.3) is 5.91 Å². The molecule has 0 saturated carbocycles. The van der Waals surface area contributed by atoms with Crippen LogP contribution in [0.2, 0.25) is 0 Å². The van der Waals surface area contributed by atoms with Crippen LogP contribution in [0.1, 0.15) is 46.5 Å². The normalized spacial score (nSPS) is 10.9. The number of hydrogen-bond donors (Lipinski definition) is 2. The van der Waals surface area contributed by atoms with Gasteiger partial charge in [-0.05, 0) is 12.8 Å². The lowest BCUT2D eigenvalue weighted by Crippen LogP contribution is -2.27. The Morgan fingerprint density at radius 1 is 1.43 bits per heavy atom. The lowest BCUT2D eigenvalue weighted by molar-refractivity contribution is 0.0953. The summed E-state index contributed by atoms with van der Waals surface area (Å²) in [6, 6.07) is 0. The molecule has 1 amide bonds. The Hall–Kier alpha value is -2.02. The van der Waals surface area contributed by atoms with Crippen LogP contribution in [0.5, 0.6) is 0 Å². The number of rotatable bonds is 5. The van der Waals surface area contributed by atoms with Gasteiger partial charge in [-0.3, -0.25) is 4.79 Å². The molecule has 0 bridgehead atoms. The van der Waals surface area contributed by atoms with E-state index in [1.807, 2.05) is 0 Å². The number of thiazole rings is 1. The molecular weight excluding hydrogens is 286 g/mol. The first-order valence-electron chi connectivity index (χ1n) is 6.79. The number of hydrogen-bond acceptors (Lipinski definition) is 6. The van der Waals surface area contributed by atoms with Crippen LogP contribution in [0.15, 0.2) is 11.6 Å². The molecule has 0 atom stereocenters. The molecule has 0 unspecified atom stereocenters. The Morgan fingerprint density at radius 2 is 2.19 bits per heavy atom. The highest BCUT2D eigenvalue weighted by atomic mass is 32.1. The minimum atomic E-state index is -0.187. The minimum Gasteiger partial charge on any atom is -0.368 e. The van der Waals surface area contributed by atoms with E-state index in [0.29, 0.717) is 23.7 Å².